The molecule has 1 amide bonds. The monoisotopic (exact) mass is 399 g/mol. The molecule has 0 bridgehead atoms. The first-order chi connectivity index (χ1) is 14.0. The van der Waals surface area contributed by atoms with Crippen LogP contribution in [0.4, 0.5) is 5.82 Å². The van der Waals surface area contributed by atoms with E-state index in [9.17, 15) is 4.79 Å². The third-order valence-electron chi connectivity index (χ3n) is 6.30. The Morgan fingerprint density at radius 3 is 2.59 bits per heavy atom. The number of piperidine rings is 1. The minimum absolute atomic E-state index is 0.197. The zero-order valence-electron chi connectivity index (χ0n) is 17.9. The van der Waals surface area contributed by atoms with Crippen LogP contribution in [0, 0.1) is 5.92 Å². The van der Waals surface area contributed by atoms with Gasteiger partial charge in [0.1, 0.15) is 5.82 Å². The van der Waals surface area contributed by atoms with Crippen LogP contribution in [0.1, 0.15) is 56.6 Å². The van der Waals surface area contributed by atoms with Crippen molar-refractivity contribution < 1.29 is 4.79 Å². The van der Waals surface area contributed by atoms with Crippen LogP contribution in [0.2, 0.25) is 0 Å². The van der Waals surface area contributed by atoms with Gasteiger partial charge in [0.25, 0.3) is 5.91 Å². The second-order valence-corrected chi connectivity index (χ2v) is 8.72. The van der Waals surface area contributed by atoms with Gasteiger partial charge in [-0.15, -0.1) is 0 Å². The minimum atomic E-state index is -0.197. The number of anilines is 1. The Bertz CT molecular complexity index is 848. The molecule has 4 rings (SSSR count). The molecule has 2 aromatic rings. The predicted molar refractivity (Wildman–Crippen MR) is 114 cm³/mol. The standard InChI is InChI=1S/C21H33N7O/c1-15(2)27-12-7-16(8-13-27)6-9-22-21(29)19-23-18-17(14-26(3)25-18)20(24-19)28-10-4-5-11-28/h14-16H,4-13H2,1-3H3,(H,22,29). The van der Waals surface area contributed by atoms with Crippen LogP contribution in [0.5, 0.6) is 0 Å². The molecule has 2 fully saturated rings. The number of fused-ring (bicyclic) bond motifs is 1. The molecule has 0 unspecified atom stereocenters. The van der Waals surface area contributed by atoms with Crippen LogP contribution < -0.4 is 10.2 Å². The maximum absolute atomic E-state index is 12.7. The Hall–Kier alpha value is -2.22. The molecule has 8 heteroatoms. The van der Waals surface area contributed by atoms with Gasteiger partial charge in [0, 0.05) is 38.9 Å². The van der Waals surface area contributed by atoms with Crippen molar-refractivity contribution in [2.75, 3.05) is 37.6 Å². The SMILES string of the molecule is CC(C)N1CCC(CCNC(=O)c2nc(N3CCCC3)c3cn(C)nc3n2)CC1. The summed E-state index contributed by atoms with van der Waals surface area (Å²) in [5.41, 5.74) is 0.593. The van der Waals surface area contributed by atoms with E-state index < -0.39 is 0 Å². The Balaban J connectivity index is 1.38. The van der Waals surface area contributed by atoms with Crippen LogP contribution >= 0.6 is 0 Å². The lowest BCUT2D eigenvalue weighted by Crippen LogP contribution is -2.39. The highest BCUT2D eigenvalue weighted by Crippen LogP contribution is 2.26. The Labute approximate surface area is 172 Å². The fraction of sp³-hybridized carbons (Fsp3) is 0.714. The summed E-state index contributed by atoms with van der Waals surface area (Å²) in [4.78, 5) is 26.6. The molecule has 0 atom stereocenters. The number of rotatable bonds is 6. The highest BCUT2D eigenvalue weighted by atomic mass is 16.2. The van der Waals surface area contributed by atoms with Crippen LogP contribution in [0.3, 0.4) is 0 Å². The lowest BCUT2D eigenvalue weighted by Gasteiger charge is -2.34. The summed E-state index contributed by atoms with van der Waals surface area (Å²) in [5, 5.41) is 8.38. The molecule has 0 spiro atoms. The van der Waals surface area contributed by atoms with Gasteiger partial charge >= 0.3 is 0 Å². The number of aromatic nitrogens is 4. The molecule has 0 aliphatic carbocycles. The molecule has 2 aromatic heterocycles. The number of hydrogen-bond acceptors (Lipinski definition) is 6. The first kappa shape index (κ1) is 20.1. The third-order valence-corrected chi connectivity index (χ3v) is 6.30. The summed E-state index contributed by atoms with van der Waals surface area (Å²) >= 11 is 0. The number of nitrogens with zero attached hydrogens (tertiary/aromatic N) is 6. The van der Waals surface area contributed by atoms with Crippen LogP contribution in [0.15, 0.2) is 6.20 Å². The van der Waals surface area contributed by atoms with Gasteiger partial charge in [-0.25, -0.2) is 9.97 Å². The number of carbonyl (C=O) groups excluding carboxylic acids is 1. The minimum Gasteiger partial charge on any atom is -0.356 e. The largest absolute Gasteiger partial charge is 0.356 e. The van der Waals surface area contributed by atoms with Gasteiger partial charge in [-0.3, -0.25) is 9.48 Å². The molecule has 2 aliphatic rings. The van der Waals surface area contributed by atoms with Crippen molar-refractivity contribution in [3.05, 3.63) is 12.0 Å². The van der Waals surface area contributed by atoms with Gasteiger partial charge in [0.15, 0.2) is 5.65 Å². The Morgan fingerprint density at radius 1 is 1.17 bits per heavy atom. The number of nitrogens with one attached hydrogen (secondary N) is 1. The highest BCUT2D eigenvalue weighted by Gasteiger charge is 2.23. The molecule has 2 aliphatic heterocycles. The van der Waals surface area contributed by atoms with E-state index in [1.54, 1.807) is 4.68 Å². The Kier molecular flexibility index (Phi) is 5.99. The second kappa shape index (κ2) is 8.65. The van der Waals surface area contributed by atoms with Gasteiger partial charge in [0.2, 0.25) is 5.82 Å². The van der Waals surface area contributed by atoms with E-state index in [-0.39, 0.29) is 11.7 Å². The summed E-state index contributed by atoms with van der Waals surface area (Å²) in [5.74, 6) is 1.56. The fourth-order valence-corrected chi connectivity index (χ4v) is 4.50. The first-order valence-corrected chi connectivity index (χ1v) is 11.0. The number of hydrogen-bond donors (Lipinski definition) is 1. The zero-order chi connectivity index (χ0) is 20.4. The van der Waals surface area contributed by atoms with Gasteiger partial charge in [-0.05, 0) is 65.0 Å². The zero-order valence-corrected chi connectivity index (χ0v) is 17.9. The topological polar surface area (TPSA) is 79.2 Å². The van der Waals surface area contributed by atoms with E-state index in [1.165, 1.54) is 12.8 Å². The van der Waals surface area contributed by atoms with Crippen LogP contribution in [-0.4, -0.2) is 69.3 Å². The molecule has 8 nitrogen and oxygen atoms in total. The van der Waals surface area contributed by atoms with E-state index in [2.05, 4.69) is 44.0 Å². The lowest BCUT2D eigenvalue weighted by atomic mass is 9.93. The molecule has 158 valence electrons. The average molecular weight is 400 g/mol. The fourth-order valence-electron chi connectivity index (χ4n) is 4.50. The molecular formula is C21H33N7O. The van der Waals surface area contributed by atoms with Crippen molar-refractivity contribution in [2.24, 2.45) is 13.0 Å². The second-order valence-electron chi connectivity index (χ2n) is 8.72. The normalized spacial score (nSPS) is 18.8. The molecule has 0 aromatic carbocycles. The van der Waals surface area contributed by atoms with Crippen LogP contribution in [-0.2, 0) is 7.05 Å². The Morgan fingerprint density at radius 2 is 1.90 bits per heavy atom. The number of aryl methyl sites for hydroxylation is 1. The van der Waals surface area contributed by atoms with E-state index in [0.29, 0.717) is 24.2 Å². The van der Waals surface area contributed by atoms with Crippen molar-refractivity contribution in [3.8, 4) is 0 Å². The molecule has 0 radical (unpaired) electrons. The van der Waals surface area contributed by atoms with Gasteiger partial charge < -0.3 is 15.1 Å². The number of likely N-dealkylation sites (tertiary alicyclic amines) is 1. The van der Waals surface area contributed by atoms with Gasteiger partial charge in [0.05, 0.1) is 5.39 Å². The van der Waals surface area contributed by atoms with Gasteiger partial charge in [-0.2, -0.15) is 5.10 Å². The summed E-state index contributed by atoms with van der Waals surface area (Å²) in [6.45, 7) is 9.46. The predicted octanol–water partition coefficient (Wildman–Crippen LogP) is 2.20. The van der Waals surface area contributed by atoms with E-state index >= 15 is 0 Å². The lowest BCUT2D eigenvalue weighted by molar-refractivity contribution is 0.0936. The number of carbonyl (C=O) groups is 1. The van der Waals surface area contributed by atoms with Crippen molar-refractivity contribution in [1.82, 2.24) is 30.0 Å². The summed E-state index contributed by atoms with van der Waals surface area (Å²) in [6.07, 6.45) is 7.69. The summed E-state index contributed by atoms with van der Waals surface area (Å²) < 4.78 is 1.74. The highest BCUT2D eigenvalue weighted by molar-refractivity contribution is 5.95. The third kappa shape index (κ3) is 4.52. The van der Waals surface area contributed by atoms with Crippen LogP contribution in [0.25, 0.3) is 11.0 Å². The summed E-state index contributed by atoms with van der Waals surface area (Å²) in [6, 6.07) is 0.624. The molecule has 1 N–H and O–H groups in total. The summed E-state index contributed by atoms with van der Waals surface area (Å²) in [7, 11) is 1.87. The molecular weight excluding hydrogens is 366 g/mol. The van der Waals surface area contributed by atoms with Crippen molar-refractivity contribution >= 4 is 22.8 Å². The maximum atomic E-state index is 12.7. The molecule has 4 heterocycles. The number of amides is 1. The van der Waals surface area contributed by atoms with Crippen molar-refractivity contribution in [2.45, 2.75) is 52.0 Å². The van der Waals surface area contributed by atoms with Gasteiger partial charge in [-0.1, -0.05) is 0 Å². The molecule has 29 heavy (non-hydrogen) atoms. The quantitative estimate of drug-likeness (QED) is 0.802. The van der Waals surface area contributed by atoms with Crippen molar-refractivity contribution in [1.29, 1.82) is 0 Å². The van der Waals surface area contributed by atoms with E-state index in [1.807, 2.05) is 13.2 Å². The smallest absolute Gasteiger partial charge is 0.289 e. The van der Waals surface area contributed by atoms with E-state index in [0.717, 1.165) is 56.6 Å². The average Bonchev–Trinajstić information content (AvgIpc) is 3.36. The molecule has 0 saturated carbocycles. The van der Waals surface area contributed by atoms with Crippen molar-refractivity contribution in [3.63, 3.8) is 0 Å². The van der Waals surface area contributed by atoms with E-state index in [4.69, 9.17) is 0 Å². The first-order valence-electron chi connectivity index (χ1n) is 11.0. The maximum Gasteiger partial charge on any atom is 0.289 e. The molecule has 2 saturated heterocycles.